The Morgan fingerprint density at radius 2 is 1.65 bits per heavy atom. The number of benzene rings is 2. The Bertz CT molecular complexity index is 888. The van der Waals surface area contributed by atoms with E-state index in [4.69, 9.17) is 4.74 Å². The normalized spacial score (nSPS) is 12.2. The minimum Gasteiger partial charge on any atom is -0.478 e. The molecule has 0 saturated heterocycles. The second kappa shape index (κ2) is 6.72. The highest BCUT2D eigenvalue weighted by Gasteiger charge is 2.31. The molecule has 4 nitrogen and oxygen atoms in total. The number of hydrogen-bond acceptors (Lipinski definition) is 4. The van der Waals surface area contributed by atoms with E-state index in [0.717, 1.165) is 10.2 Å². The average molecular weight is 369 g/mol. The summed E-state index contributed by atoms with van der Waals surface area (Å²) in [5.74, 6) is 0.443. The van der Waals surface area contributed by atoms with Gasteiger partial charge in [-0.3, -0.25) is 10.1 Å². The molecule has 0 aliphatic rings. The maximum Gasteiger partial charge on any atom is 0.269 e. The van der Waals surface area contributed by atoms with E-state index in [1.54, 1.807) is 13.8 Å². The number of nitrogens with one attached hydrogen (secondary N) is 1. The molecule has 0 atom stereocenters. The molecule has 3 aromatic rings. The Kier molecular flexibility index (Phi) is 4.76. The first-order chi connectivity index (χ1) is 12.1. The molecule has 0 radical (unpaired) electrons. The van der Waals surface area contributed by atoms with Gasteiger partial charge in [0.25, 0.3) is 5.91 Å². The van der Waals surface area contributed by atoms with Crippen LogP contribution in [-0.4, -0.2) is 16.5 Å². The first-order valence-electron chi connectivity index (χ1n) is 8.62. The average Bonchev–Trinajstić information content (AvgIpc) is 2.96. The van der Waals surface area contributed by atoms with Gasteiger partial charge in [0, 0.05) is 0 Å². The van der Waals surface area contributed by atoms with Crippen LogP contribution in [0, 0.1) is 0 Å². The minimum atomic E-state index is -1.01. The van der Waals surface area contributed by atoms with E-state index in [1.165, 1.54) is 16.9 Å². The van der Waals surface area contributed by atoms with Gasteiger partial charge in [0.2, 0.25) is 0 Å². The number of nitrogens with zero attached hydrogens (tertiary/aromatic N) is 1. The highest BCUT2D eigenvalue weighted by molar-refractivity contribution is 7.22. The Morgan fingerprint density at radius 1 is 1.00 bits per heavy atom. The maximum atomic E-state index is 12.7. The van der Waals surface area contributed by atoms with Gasteiger partial charge in [0.1, 0.15) is 5.75 Å². The third-order valence-corrected chi connectivity index (χ3v) is 5.11. The van der Waals surface area contributed by atoms with Gasteiger partial charge in [-0.05, 0) is 49.1 Å². The Labute approximate surface area is 158 Å². The zero-order valence-electron chi connectivity index (χ0n) is 15.8. The van der Waals surface area contributed by atoms with E-state index < -0.39 is 5.60 Å². The molecule has 1 amide bonds. The fourth-order valence-electron chi connectivity index (χ4n) is 2.54. The molecule has 0 fully saturated rings. The van der Waals surface area contributed by atoms with Gasteiger partial charge < -0.3 is 4.74 Å². The lowest BCUT2D eigenvalue weighted by Crippen LogP contribution is -2.42. The number of rotatable bonds is 4. The number of para-hydroxylation sites is 1. The molecular weight excluding hydrogens is 344 g/mol. The lowest BCUT2D eigenvalue weighted by Gasteiger charge is -2.25. The van der Waals surface area contributed by atoms with Gasteiger partial charge in [-0.25, -0.2) is 4.98 Å². The van der Waals surface area contributed by atoms with Crippen molar-refractivity contribution in [3.8, 4) is 5.75 Å². The van der Waals surface area contributed by atoms with E-state index in [-0.39, 0.29) is 11.3 Å². The standard InChI is InChI=1S/C21H24N2O2S/c1-20(2,3)14-10-12-15(13-11-14)25-21(4,5)18(24)23-19-22-16-8-6-7-9-17(16)26-19/h6-13H,1-5H3,(H,22,23,24). The number of aromatic nitrogens is 1. The number of hydrogen-bond donors (Lipinski definition) is 1. The zero-order valence-corrected chi connectivity index (χ0v) is 16.6. The van der Waals surface area contributed by atoms with Crippen LogP contribution >= 0.6 is 11.3 Å². The molecule has 0 unspecified atom stereocenters. The Balaban J connectivity index is 1.71. The molecule has 3 rings (SSSR count). The second-order valence-corrected chi connectivity index (χ2v) is 8.86. The van der Waals surface area contributed by atoms with Crippen LogP contribution in [0.25, 0.3) is 10.2 Å². The van der Waals surface area contributed by atoms with Gasteiger partial charge in [-0.15, -0.1) is 0 Å². The van der Waals surface area contributed by atoms with Crippen molar-refractivity contribution >= 4 is 32.6 Å². The predicted molar refractivity (Wildman–Crippen MR) is 108 cm³/mol. The van der Waals surface area contributed by atoms with E-state index in [2.05, 4.69) is 31.1 Å². The molecule has 136 valence electrons. The Hall–Kier alpha value is -2.40. The molecule has 26 heavy (non-hydrogen) atoms. The summed E-state index contributed by atoms with van der Waals surface area (Å²) in [4.78, 5) is 17.1. The summed E-state index contributed by atoms with van der Waals surface area (Å²) in [5.41, 5.74) is 1.17. The van der Waals surface area contributed by atoms with Crippen molar-refractivity contribution in [1.82, 2.24) is 4.98 Å². The fourth-order valence-corrected chi connectivity index (χ4v) is 3.40. The molecule has 0 spiro atoms. The van der Waals surface area contributed by atoms with Crippen LogP contribution in [0.4, 0.5) is 5.13 Å². The van der Waals surface area contributed by atoms with Crippen LogP contribution in [0.1, 0.15) is 40.2 Å². The molecule has 1 aromatic heterocycles. The van der Waals surface area contributed by atoms with E-state index in [9.17, 15) is 4.79 Å². The predicted octanol–water partition coefficient (Wildman–Crippen LogP) is 5.39. The summed E-state index contributed by atoms with van der Waals surface area (Å²) in [5, 5.41) is 3.45. The highest BCUT2D eigenvalue weighted by Crippen LogP contribution is 2.28. The number of carbonyl (C=O) groups is 1. The SMILES string of the molecule is CC(C)(Oc1ccc(C(C)(C)C)cc1)C(=O)Nc1nc2ccccc2s1. The fraction of sp³-hybridized carbons (Fsp3) is 0.333. The maximum absolute atomic E-state index is 12.7. The first kappa shape index (κ1) is 18.4. The van der Waals surface area contributed by atoms with Crippen molar-refractivity contribution in [2.75, 3.05) is 5.32 Å². The van der Waals surface area contributed by atoms with Crippen LogP contribution in [0.5, 0.6) is 5.75 Å². The second-order valence-electron chi connectivity index (χ2n) is 7.83. The summed E-state index contributed by atoms with van der Waals surface area (Å²) in [7, 11) is 0. The first-order valence-corrected chi connectivity index (χ1v) is 9.43. The van der Waals surface area contributed by atoms with Crippen LogP contribution in [-0.2, 0) is 10.2 Å². The van der Waals surface area contributed by atoms with E-state index in [1.807, 2.05) is 48.5 Å². The van der Waals surface area contributed by atoms with Crippen molar-refractivity contribution in [2.45, 2.75) is 45.6 Å². The van der Waals surface area contributed by atoms with Crippen LogP contribution in [0.2, 0.25) is 0 Å². The zero-order chi connectivity index (χ0) is 18.9. The van der Waals surface area contributed by atoms with Crippen molar-refractivity contribution in [3.05, 3.63) is 54.1 Å². The van der Waals surface area contributed by atoms with Crippen molar-refractivity contribution < 1.29 is 9.53 Å². The number of thiazole rings is 1. The molecule has 1 heterocycles. The smallest absolute Gasteiger partial charge is 0.269 e. The molecular formula is C21H24N2O2S. The summed E-state index contributed by atoms with van der Waals surface area (Å²) in [6, 6.07) is 15.7. The number of amides is 1. The monoisotopic (exact) mass is 368 g/mol. The van der Waals surface area contributed by atoms with Gasteiger partial charge in [0.15, 0.2) is 10.7 Å². The number of fused-ring (bicyclic) bond motifs is 1. The topological polar surface area (TPSA) is 51.2 Å². The lowest BCUT2D eigenvalue weighted by atomic mass is 9.87. The van der Waals surface area contributed by atoms with Crippen LogP contribution in [0.3, 0.4) is 0 Å². The molecule has 1 N–H and O–H groups in total. The van der Waals surface area contributed by atoms with Crippen LogP contribution in [0.15, 0.2) is 48.5 Å². The van der Waals surface area contributed by atoms with Gasteiger partial charge in [0.05, 0.1) is 10.2 Å². The number of carbonyl (C=O) groups excluding carboxylic acids is 1. The van der Waals surface area contributed by atoms with Crippen molar-refractivity contribution in [2.24, 2.45) is 0 Å². The van der Waals surface area contributed by atoms with E-state index >= 15 is 0 Å². The highest BCUT2D eigenvalue weighted by atomic mass is 32.1. The third kappa shape index (κ3) is 4.05. The van der Waals surface area contributed by atoms with Gasteiger partial charge in [-0.2, -0.15) is 0 Å². The molecule has 2 aromatic carbocycles. The molecule has 0 aliphatic carbocycles. The third-order valence-electron chi connectivity index (χ3n) is 4.15. The molecule has 0 saturated carbocycles. The van der Waals surface area contributed by atoms with Gasteiger partial charge in [-0.1, -0.05) is 56.4 Å². The quantitative estimate of drug-likeness (QED) is 0.672. The summed E-state index contributed by atoms with van der Waals surface area (Å²) >= 11 is 1.45. The number of ether oxygens (including phenoxy) is 1. The van der Waals surface area contributed by atoms with Crippen LogP contribution < -0.4 is 10.1 Å². The summed E-state index contributed by atoms with van der Waals surface area (Å²) in [6.45, 7) is 10.0. The largest absolute Gasteiger partial charge is 0.478 e. The number of anilines is 1. The Morgan fingerprint density at radius 3 is 2.27 bits per heavy atom. The molecule has 5 heteroatoms. The van der Waals surface area contributed by atoms with Crippen molar-refractivity contribution in [1.29, 1.82) is 0 Å². The van der Waals surface area contributed by atoms with Gasteiger partial charge >= 0.3 is 0 Å². The van der Waals surface area contributed by atoms with E-state index in [0.29, 0.717) is 10.9 Å². The van der Waals surface area contributed by atoms with Crippen molar-refractivity contribution in [3.63, 3.8) is 0 Å². The lowest BCUT2D eigenvalue weighted by molar-refractivity contribution is -0.128. The summed E-state index contributed by atoms with van der Waals surface area (Å²) < 4.78 is 6.98. The minimum absolute atomic E-state index is 0.0816. The molecule has 0 aliphatic heterocycles. The summed E-state index contributed by atoms with van der Waals surface area (Å²) in [6.07, 6.45) is 0. The molecule has 0 bridgehead atoms.